The van der Waals surface area contributed by atoms with Crippen LogP contribution in [0.4, 0.5) is 5.69 Å². The first kappa shape index (κ1) is 19.6. The van der Waals surface area contributed by atoms with Gasteiger partial charge in [-0.15, -0.1) is 0 Å². The molecule has 2 fully saturated rings. The molecule has 8 heteroatoms. The number of piperidine rings is 1. The summed E-state index contributed by atoms with van der Waals surface area (Å²) in [6.45, 7) is 1.68. The fourth-order valence-corrected chi connectivity index (χ4v) is 4.76. The number of rotatable bonds is 3. The van der Waals surface area contributed by atoms with Crippen LogP contribution in [0.2, 0.25) is 5.02 Å². The molecule has 0 radical (unpaired) electrons. The monoisotopic (exact) mass is 428 g/mol. The molecule has 7 nitrogen and oxygen atoms in total. The number of hydrogen-bond donors (Lipinski definition) is 1. The number of amides is 2. The van der Waals surface area contributed by atoms with E-state index in [1.165, 1.54) is 0 Å². The van der Waals surface area contributed by atoms with Crippen molar-refractivity contribution < 1.29 is 14.3 Å². The van der Waals surface area contributed by atoms with Gasteiger partial charge >= 0.3 is 0 Å². The SMILES string of the molecule is O=C(Nc1ccc(Cl)cc1)C1Cn2ccnc2C2(CCN(C(=O)C3CCC3)CC2)O1. The Labute approximate surface area is 180 Å². The van der Waals surface area contributed by atoms with Gasteiger partial charge < -0.3 is 19.5 Å². The lowest BCUT2D eigenvalue weighted by atomic mass is 9.82. The van der Waals surface area contributed by atoms with E-state index < -0.39 is 11.7 Å². The molecule has 2 aliphatic heterocycles. The highest BCUT2D eigenvalue weighted by atomic mass is 35.5. The number of likely N-dealkylation sites (tertiary alicyclic amines) is 1. The van der Waals surface area contributed by atoms with E-state index in [2.05, 4.69) is 10.3 Å². The fourth-order valence-electron chi connectivity index (χ4n) is 4.63. The van der Waals surface area contributed by atoms with E-state index in [1.54, 1.807) is 30.5 Å². The summed E-state index contributed by atoms with van der Waals surface area (Å²) in [6.07, 6.45) is 7.48. The van der Waals surface area contributed by atoms with E-state index in [0.29, 0.717) is 43.2 Å². The Morgan fingerprint density at radius 2 is 1.90 bits per heavy atom. The van der Waals surface area contributed by atoms with Crippen molar-refractivity contribution in [2.75, 3.05) is 18.4 Å². The van der Waals surface area contributed by atoms with Gasteiger partial charge in [0.05, 0.1) is 6.54 Å². The molecule has 1 aliphatic carbocycles. The fraction of sp³-hybridized carbons (Fsp3) is 0.500. The number of imidazole rings is 1. The van der Waals surface area contributed by atoms with Crippen LogP contribution in [0.5, 0.6) is 0 Å². The second kappa shape index (κ2) is 7.71. The zero-order chi connectivity index (χ0) is 20.7. The number of carbonyl (C=O) groups is 2. The average molecular weight is 429 g/mol. The molecule has 0 bridgehead atoms. The topological polar surface area (TPSA) is 76.5 Å². The second-order valence-corrected chi connectivity index (χ2v) is 8.89. The Morgan fingerprint density at radius 3 is 2.57 bits per heavy atom. The maximum atomic E-state index is 13.0. The van der Waals surface area contributed by atoms with Crippen molar-refractivity contribution >= 4 is 29.1 Å². The van der Waals surface area contributed by atoms with E-state index in [0.717, 1.165) is 25.1 Å². The van der Waals surface area contributed by atoms with E-state index in [1.807, 2.05) is 15.7 Å². The van der Waals surface area contributed by atoms with Gasteiger partial charge in [0.25, 0.3) is 5.91 Å². The van der Waals surface area contributed by atoms with Crippen molar-refractivity contribution in [2.45, 2.75) is 50.4 Å². The normalized spacial score (nSPS) is 23.0. The molecule has 5 rings (SSSR count). The first-order valence-corrected chi connectivity index (χ1v) is 11.0. The minimum atomic E-state index is -0.639. The van der Waals surface area contributed by atoms with Crippen molar-refractivity contribution in [3.8, 4) is 0 Å². The van der Waals surface area contributed by atoms with Crippen LogP contribution < -0.4 is 5.32 Å². The van der Waals surface area contributed by atoms with Gasteiger partial charge in [0.15, 0.2) is 6.10 Å². The maximum Gasteiger partial charge on any atom is 0.255 e. The summed E-state index contributed by atoms with van der Waals surface area (Å²) in [7, 11) is 0. The molecule has 3 aliphatic rings. The summed E-state index contributed by atoms with van der Waals surface area (Å²) in [5.74, 6) is 1.14. The van der Waals surface area contributed by atoms with Gasteiger partial charge in [-0.3, -0.25) is 9.59 Å². The predicted molar refractivity (Wildman–Crippen MR) is 112 cm³/mol. The third-order valence-electron chi connectivity index (χ3n) is 6.59. The van der Waals surface area contributed by atoms with Crippen molar-refractivity contribution in [1.29, 1.82) is 0 Å². The average Bonchev–Trinajstić information content (AvgIpc) is 3.19. The maximum absolute atomic E-state index is 13.0. The Morgan fingerprint density at radius 1 is 1.17 bits per heavy atom. The lowest BCUT2D eigenvalue weighted by Crippen LogP contribution is -2.54. The number of ether oxygens (including phenoxy) is 1. The van der Waals surface area contributed by atoms with Gasteiger partial charge in [-0.05, 0) is 37.1 Å². The Bertz CT molecular complexity index is 946. The van der Waals surface area contributed by atoms with Gasteiger partial charge in [0.1, 0.15) is 11.4 Å². The number of aromatic nitrogens is 2. The van der Waals surface area contributed by atoms with Crippen molar-refractivity contribution in [2.24, 2.45) is 5.92 Å². The van der Waals surface area contributed by atoms with Crippen molar-refractivity contribution in [3.63, 3.8) is 0 Å². The molecule has 1 atom stereocenters. The lowest BCUT2D eigenvalue weighted by molar-refractivity contribution is -0.174. The summed E-state index contributed by atoms with van der Waals surface area (Å²) < 4.78 is 8.44. The molecule has 30 heavy (non-hydrogen) atoms. The number of halogens is 1. The van der Waals surface area contributed by atoms with Crippen LogP contribution in [0.25, 0.3) is 0 Å². The van der Waals surface area contributed by atoms with Gasteiger partial charge in [0.2, 0.25) is 5.91 Å². The minimum absolute atomic E-state index is 0.191. The first-order chi connectivity index (χ1) is 14.5. The van der Waals surface area contributed by atoms with E-state index in [-0.39, 0.29) is 17.7 Å². The molecule has 1 unspecified atom stereocenters. The molecule has 1 aromatic heterocycles. The Kier molecular flexibility index (Phi) is 5.03. The zero-order valence-corrected chi connectivity index (χ0v) is 17.5. The Hall–Kier alpha value is -2.38. The van der Waals surface area contributed by atoms with Crippen LogP contribution >= 0.6 is 11.6 Å². The van der Waals surface area contributed by atoms with Crippen molar-refractivity contribution in [3.05, 3.63) is 47.5 Å². The molecular weight excluding hydrogens is 404 g/mol. The largest absolute Gasteiger partial charge is 0.352 e. The minimum Gasteiger partial charge on any atom is -0.352 e. The van der Waals surface area contributed by atoms with Crippen LogP contribution in [0, 0.1) is 5.92 Å². The summed E-state index contributed by atoms with van der Waals surface area (Å²) in [6, 6.07) is 7.02. The molecule has 1 saturated carbocycles. The molecule has 1 N–H and O–H groups in total. The van der Waals surface area contributed by atoms with E-state index in [9.17, 15) is 9.59 Å². The number of carbonyl (C=O) groups excluding carboxylic acids is 2. The molecule has 1 spiro atoms. The highest BCUT2D eigenvalue weighted by Gasteiger charge is 2.48. The van der Waals surface area contributed by atoms with E-state index in [4.69, 9.17) is 16.3 Å². The first-order valence-electron chi connectivity index (χ1n) is 10.6. The standard InChI is InChI=1S/C22H25ClN4O3/c23-16-4-6-17(7-5-16)25-19(28)18-14-27-13-10-24-21(27)22(30-18)8-11-26(12-9-22)20(29)15-2-1-3-15/h4-7,10,13,15,18H,1-3,8-9,11-12,14H2,(H,25,28). The molecule has 1 saturated heterocycles. The lowest BCUT2D eigenvalue weighted by Gasteiger charge is -2.46. The van der Waals surface area contributed by atoms with Gasteiger partial charge in [-0.1, -0.05) is 18.0 Å². The summed E-state index contributed by atoms with van der Waals surface area (Å²) in [5.41, 5.74) is 0.0412. The highest BCUT2D eigenvalue weighted by Crippen LogP contribution is 2.41. The molecule has 1 aromatic carbocycles. The molecular formula is C22H25ClN4O3. The van der Waals surface area contributed by atoms with E-state index >= 15 is 0 Å². The molecule has 158 valence electrons. The van der Waals surface area contributed by atoms with Crippen molar-refractivity contribution in [1.82, 2.24) is 14.5 Å². The Balaban J connectivity index is 1.31. The molecule has 3 heterocycles. The highest BCUT2D eigenvalue weighted by molar-refractivity contribution is 6.30. The number of benzene rings is 1. The number of nitrogens with zero attached hydrogens (tertiary/aromatic N) is 3. The molecule has 2 amide bonds. The third kappa shape index (κ3) is 3.50. The number of fused-ring (bicyclic) bond motifs is 2. The van der Waals surface area contributed by atoms with Crippen LogP contribution in [0.1, 0.15) is 37.9 Å². The molecule has 2 aromatic rings. The summed E-state index contributed by atoms with van der Waals surface area (Å²) in [5, 5.41) is 3.54. The number of anilines is 1. The van der Waals surface area contributed by atoms with Gasteiger partial charge in [-0.25, -0.2) is 4.98 Å². The zero-order valence-electron chi connectivity index (χ0n) is 16.7. The summed E-state index contributed by atoms with van der Waals surface area (Å²) in [4.78, 5) is 32.1. The summed E-state index contributed by atoms with van der Waals surface area (Å²) >= 11 is 5.93. The van der Waals surface area contributed by atoms with Gasteiger partial charge in [-0.2, -0.15) is 0 Å². The quantitative estimate of drug-likeness (QED) is 0.814. The van der Waals surface area contributed by atoms with Crippen LogP contribution in [0.3, 0.4) is 0 Å². The van der Waals surface area contributed by atoms with Crippen LogP contribution in [-0.4, -0.2) is 45.5 Å². The van der Waals surface area contributed by atoms with Gasteiger partial charge in [0, 0.05) is 55.0 Å². The predicted octanol–water partition coefficient (Wildman–Crippen LogP) is 3.19. The third-order valence-corrected chi connectivity index (χ3v) is 6.85. The second-order valence-electron chi connectivity index (χ2n) is 8.45. The van der Waals surface area contributed by atoms with Crippen LogP contribution in [-0.2, 0) is 26.5 Å². The van der Waals surface area contributed by atoms with Crippen LogP contribution in [0.15, 0.2) is 36.7 Å². The number of hydrogen-bond acceptors (Lipinski definition) is 4. The smallest absolute Gasteiger partial charge is 0.255 e. The number of nitrogens with one attached hydrogen (secondary N) is 1.